The molecule has 106 valence electrons. The molecule has 1 aromatic rings. The topological polar surface area (TPSA) is 55.1 Å². The van der Waals surface area contributed by atoms with Gasteiger partial charge in [-0.15, -0.1) is 0 Å². The van der Waals surface area contributed by atoms with Gasteiger partial charge in [0.25, 0.3) is 0 Å². The minimum Gasteiger partial charge on any atom is -0.368 e. The molecule has 0 radical (unpaired) electrons. The summed E-state index contributed by atoms with van der Waals surface area (Å²) in [6.07, 6.45) is 0.731. The van der Waals surface area contributed by atoms with Gasteiger partial charge in [0, 0.05) is 11.0 Å². The zero-order chi connectivity index (χ0) is 14.5. The van der Waals surface area contributed by atoms with Gasteiger partial charge in [0.15, 0.2) is 0 Å². The van der Waals surface area contributed by atoms with Gasteiger partial charge in [-0.3, -0.25) is 4.79 Å². The van der Waals surface area contributed by atoms with Crippen LogP contribution in [-0.2, 0) is 10.5 Å². The van der Waals surface area contributed by atoms with Gasteiger partial charge < -0.3 is 11.1 Å². The Morgan fingerprint density at radius 1 is 1.53 bits per heavy atom. The zero-order valence-corrected chi connectivity index (χ0v) is 13.0. The Balaban J connectivity index is 2.52. The monoisotopic (exact) mass is 280 g/mol. The molecular weight excluding hydrogens is 256 g/mol. The average Bonchev–Trinajstić information content (AvgIpc) is 2.36. The Hall–Kier alpha value is -1.00. The van der Waals surface area contributed by atoms with Crippen LogP contribution in [0.2, 0.25) is 0 Å². The Bertz CT molecular complexity index is 436. The SMILES string of the molecule is CNC(C)(CC(C)SCc1cccc(C)c1)C(N)=O. The predicted octanol–water partition coefficient (Wildman–Crippen LogP) is 2.47. The molecule has 0 spiro atoms. The highest BCUT2D eigenvalue weighted by Crippen LogP contribution is 2.25. The second-order valence-corrected chi connectivity index (χ2v) is 6.69. The number of nitrogens with one attached hydrogen (secondary N) is 1. The van der Waals surface area contributed by atoms with Gasteiger partial charge in [-0.05, 0) is 32.9 Å². The average molecular weight is 280 g/mol. The van der Waals surface area contributed by atoms with E-state index >= 15 is 0 Å². The lowest BCUT2D eigenvalue weighted by Gasteiger charge is -2.28. The van der Waals surface area contributed by atoms with Crippen molar-refractivity contribution >= 4 is 17.7 Å². The number of aryl methyl sites for hydroxylation is 1. The molecule has 19 heavy (non-hydrogen) atoms. The van der Waals surface area contributed by atoms with Gasteiger partial charge in [0.2, 0.25) is 5.91 Å². The molecule has 2 unspecified atom stereocenters. The fourth-order valence-electron chi connectivity index (χ4n) is 2.00. The molecular formula is C15H24N2OS. The van der Waals surface area contributed by atoms with Crippen LogP contribution in [-0.4, -0.2) is 23.7 Å². The van der Waals surface area contributed by atoms with Crippen molar-refractivity contribution in [2.24, 2.45) is 5.73 Å². The van der Waals surface area contributed by atoms with Crippen LogP contribution in [0.4, 0.5) is 0 Å². The number of likely N-dealkylation sites (N-methyl/N-ethyl adjacent to an activating group) is 1. The predicted molar refractivity (Wildman–Crippen MR) is 83.2 cm³/mol. The number of nitrogens with two attached hydrogens (primary N) is 1. The summed E-state index contributed by atoms with van der Waals surface area (Å²) in [5, 5.41) is 3.39. The van der Waals surface area contributed by atoms with E-state index in [1.54, 1.807) is 7.05 Å². The summed E-state index contributed by atoms with van der Waals surface area (Å²) in [6.45, 7) is 6.10. The third kappa shape index (κ3) is 4.88. The molecule has 3 N–H and O–H groups in total. The summed E-state index contributed by atoms with van der Waals surface area (Å²) in [7, 11) is 1.78. The van der Waals surface area contributed by atoms with E-state index in [4.69, 9.17) is 5.73 Å². The first-order valence-electron chi connectivity index (χ1n) is 6.53. The van der Waals surface area contributed by atoms with Crippen LogP contribution in [0.25, 0.3) is 0 Å². The van der Waals surface area contributed by atoms with Gasteiger partial charge in [-0.2, -0.15) is 11.8 Å². The summed E-state index contributed by atoms with van der Waals surface area (Å²) in [4.78, 5) is 11.5. The van der Waals surface area contributed by atoms with Crippen LogP contribution in [0.15, 0.2) is 24.3 Å². The fraction of sp³-hybridized carbons (Fsp3) is 0.533. The summed E-state index contributed by atoms with van der Waals surface area (Å²) in [5.41, 5.74) is 7.42. The summed E-state index contributed by atoms with van der Waals surface area (Å²) in [6, 6.07) is 8.52. The van der Waals surface area contributed by atoms with E-state index in [0.29, 0.717) is 5.25 Å². The maximum Gasteiger partial charge on any atom is 0.237 e. The number of rotatable bonds is 7. The molecule has 0 aliphatic rings. The lowest BCUT2D eigenvalue weighted by Crippen LogP contribution is -2.52. The molecule has 1 amide bonds. The summed E-state index contributed by atoms with van der Waals surface area (Å²) < 4.78 is 0. The first kappa shape index (κ1) is 16.1. The van der Waals surface area contributed by atoms with Crippen LogP contribution in [0.1, 0.15) is 31.4 Å². The van der Waals surface area contributed by atoms with E-state index in [-0.39, 0.29) is 5.91 Å². The largest absolute Gasteiger partial charge is 0.368 e. The van der Waals surface area contributed by atoms with Gasteiger partial charge in [0.1, 0.15) is 0 Å². The van der Waals surface area contributed by atoms with E-state index in [1.165, 1.54) is 11.1 Å². The van der Waals surface area contributed by atoms with E-state index < -0.39 is 5.54 Å². The molecule has 0 heterocycles. The molecule has 1 aromatic carbocycles. The maximum absolute atomic E-state index is 11.5. The first-order valence-corrected chi connectivity index (χ1v) is 7.58. The van der Waals surface area contributed by atoms with Crippen LogP contribution in [0, 0.1) is 6.92 Å². The number of hydrogen-bond acceptors (Lipinski definition) is 3. The number of carbonyl (C=O) groups excluding carboxylic acids is 1. The highest BCUT2D eigenvalue weighted by Gasteiger charge is 2.30. The molecule has 1 rings (SSSR count). The molecule has 3 nitrogen and oxygen atoms in total. The molecule has 2 atom stereocenters. The molecule has 4 heteroatoms. The van der Waals surface area contributed by atoms with Crippen LogP contribution >= 0.6 is 11.8 Å². The van der Waals surface area contributed by atoms with Gasteiger partial charge in [-0.25, -0.2) is 0 Å². The van der Waals surface area contributed by atoms with Crippen molar-refractivity contribution in [1.82, 2.24) is 5.32 Å². The smallest absolute Gasteiger partial charge is 0.237 e. The molecule has 0 aromatic heterocycles. The number of primary amides is 1. The molecule has 0 saturated carbocycles. The van der Waals surface area contributed by atoms with Crippen molar-refractivity contribution in [3.63, 3.8) is 0 Å². The molecule has 0 fully saturated rings. The third-order valence-electron chi connectivity index (χ3n) is 3.41. The lowest BCUT2D eigenvalue weighted by molar-refractivity contribution is -0.123. The van der Waals surface area contributed by atoms with E-state index in [9.17, 15) is 4.79 Å². The van der Waals surface area contributed by atoms with Crippen LogP contribution in [0.5, 0.6) is 0 Å². The van der Waals surface area contributed by atoms with Crippen molar-refractivity contribution < 1.29 is 4.79 Å². The Kier molecular flexibility index (Phi) is 5.88. The quantitative estimate of drug-likeness (QED) is 0.806. The minimum absolute atomic E-state index is 0.294. The molecule has 0 bridgehead atoms. The number of carbonyl (C=O) groups is 1. The highest BCUT2D eigenvalue weighted by atomic mass is 32.2. The van der Waals surface area contributed by atoms with Crippen molar-refractivity contribution in [3.05, 3.63) is 35.4 Å². The standard InChI is InChI=1S/C15H24N2OS/c1-11-6-5-7-13(8-11)10-19-12(2)9-15(3,17-4)14(16)18/h5-8,12,17H,9-10H2,1-4H3,(H2,16,18). The maximum atomic E-state index is 11.5. The fourth-order valence-corrected chi connectivity index (χ4v) is 3.11. The normalized spacial score (nSPS) is 15.8. The number of amides is 1. The second-order valence-electron chi connectivity index (χ2n) is 5.26. The van der Waals surface area contributed by atoms with Crippen LogP contribution < -0.4 is 11.1 Å². The van der Waals surface area contributed by atoms with Gasteiger partial charge in [0.05, 0.1) is 5.54 Å². The zero-order valence-electron chi connectivity index (χ0n) is 12.2. The summed E-state index contributed by atoms with van der Waals surface area (Å²) in [5.74, 6) is 0.666. The van der Waals surface area contributed by atoms with Gasteiger partial charge >= 0.3 is 0 Å². The molecule has 0 saturated heterocycles. The van der Waals surface area contributed by atoms with Gasteiger partial charge in [-0.1, -0.05) is 36.8 Å². The first-order chi connectivity index (χ1) is 8.87. The highest BCUT2D eigenvalue weighted by molar-refractivity contribution is 7.99. The lowest BCUT2D eigenvalue weighted by atomic mass is 9.95. The third-order valence-corrected chi connectivity index (χ3v) is 4.64. The summed E-state index contributed by atoms with van der Waals surface area (Å²) >= 11 is 1.85. The number of benzene rings is 1. The Morgan fingerprint density at radius 2 is 2.21 bits per heavy atom. The Morgan fingerprint density at radius 3 is 2.74 bits per heavy atom. The Labute approximate surface area is 120 Å². The number of hydrogen-bond donors (Lipinski definition) is 2. The van der Waals surface area contributed by atoms with Crippen molar-refractivity contribution in [1.29, 1.82) is 0 Å². The van der Waals surface area contributed by atoms with Crippen LogP contribution in [0.3, 0.4) is 0 Å². The minimum atomic E-state index is -0.626. The van der Waals surface area contributed by atoms with Crippen molar-refractivity contribution in [3.8, 4) is 0 Å². The van der Waals surface area contributed by atoms with E-state index in [1.807, 2.05) is 18.7 Å². The number of thioether (sulfide) groups is 1. The van der Waals surface area contributed by atoms with E-state index in [0.717, 1.165) is 12.2 Å². The second kappa shape index (κ2) is 6.96. The molecule has 0 aliphatic carbocycles. The van der Waals surface area contributed by atoms with Crippen molar-refractivity contribution in [2.75, 3.05) is 7.05 Å². The van der Waals surface area contributed by atoms with E-state index in [2.05, 4.69) is 43.4 Å². The van der Waals surface area contributed by atoms with Crippen molar-refractivity contribution in [2.45, 2.75) is 43.7 Å². The molecule has 0 aliphatic heterocycles.